The number of hydrogen-bond acceptors (Lipinski definition) is 8. The van der Waals surface area contributed by atoms with Crippen molar-refractivity contribution in [3.8, 4) is 0 Å². The number of benzene rings is 2. The highest BCUT2D eigenvalue weighted by molar-refractivity contribution is 5.50. The highest BCUT2D eigenvalue weighted by Crippen LogP contribution is 2.18. The number of nitrogens with zero attached hydrogens (tertiary/aromatic N) is 3. The third kappa shape index (κ3) is 4.52. The van der Waals surface area contributed by atoms with Crippen LogP contribution < -0.4 is 11.0 Å². The normalized spacial score (nSPS) is 9.67. The number of nitro groups is 1. The quantitative estimate of drug-likeness (QED) is 0.488. The fraction of sp³-hybridized carbons (Fsp3) is 0. The van der Waals surface area contributed by atoms with Crippen LogP contribution in [0.3, 0.4) is 0 Å². The van der Waals surface area contributed by atoms with Gasteiger partial charge in [-0.05, 0) is 22.0 Å². The van der Waals surface area contributed by atoms with E-state index in [9.17, 15) is 19.9 Å². The molecule has 2 aromatic carbocycles. The predicted octanol–water partition coefficient (Wildman–Crippen LogP) is 2.39. The molecule has 24 heavy (non-hydrogen) atoms. The van der Waals surface area contributed by atoms with Gasteiger partial charge in [-0.3, -0.25) is 10.1 Å². The smallest absolute Gasteiger partial charge is 0.258 e. The molecule has 0 aliphatic carbocycles. The molecular formula is C12H11N5O7+2. The summed E-state index contributed by atoms with van der Waals surface area (Å²) >= 11 is 0. The number of nitro benzene ring substituents is 1. The Morgan fingerprint density at radius 3 is 1.88 bits per heavy atom. The molecule has 0 saturated carbocycles. The second-order valence-electron chi connectivity index (χ2n) is 4.24. The molecule has 0 saturated heterocycles. The number of hydrogen-bond donors (Lipinski definition) is 3. The summed E-state index contributed by atoms with van der Waals surface area (Å²) in [7, 11) is 0. The van der Waals surface area contributed by atoms with E-state index in [0.29, 0.717) is 0 Å². The van der Waals surface area contributed by atoms with Gasteiger partial charge in [-0.1, -0.05) is 12.1 Å². The Balaban J connectivity index is 1.85. The Hall–Kier alpha value is -3.96. The summed E-state index contributed by atoms with van der Waals surface area (Å²) < 4.78 is 0. The minimum atomic E-state index is -0.606. The minimum absolute atomic E-state index is 0.0864. The van der Waals surface area contributed by atoms with E-state index in [4.69, 9.17) is 5.21 Å². The van der Waals surface area contributed by atoms with E-state index in [1.165, 1.54) is 42.5 Å². The summed E-state index contributed by atoms with van der Waals surface area (Å²) in [6.07, 6.45) is 0. The molecule has 0 heterocycles. The maximum Gasteiger partial charge on any atom is 0.531 e. The summed E-state index contributed by atoms with van der Waals surface area (Å²) in [5, 5.41) is 19.0. The lowest BCUT2D eigenvalue weighted by atomic mass is 10.3. The van der Waals surface area contributed by atoms with Crippen LogP contribution in [0.5, 0.6) is 0 Å². The topological polar surface area (TPSA) is 146 Å². The molecule has 0 amide bonds. The molecule has 2 rings (SSSR count). The van der Waals surface area contributed by atoms with Gasteiger partial charge in [0.05, 0.1) is 21.2 Å². The maximum absolute atomic E-state index is 11.3. The molecule has 0 spiro atoms. The van der Waals surface area contributed by atoms with Gasteiger partial charge in [0.25, 0.3) is 10.6 Å². The van der Waals surface area contributed by atoms with Crippen LogP contribution in [0.2, 0.25) is 0 Å². The molecular weight excluding hydrogens is 326 g/mol. The van der Waals surface area contributed by atoms with Crippen molar-refractivity contribution in [2.24, 2.45) is 0 Å². The molecule has 0 aromatic heterocycles. The van der Waals surface area contributed by atoms with Crippen molar-refractivity contribution in [2.75, 3.05) is 11.0 Å². The first-order chi connectivity index (χ1) is 11.5. The SMILES string of the molecule is O=[N+](ONc1cccc([N+](=O)[O-])c1)ONc1cccc([N+](=O)O)c1. The number of non-ortho nitro benzene ring substituents is 1. The lowest BCUT2D eigenvalue weighted by molar-refractivity contribution is -0.971. The van der Waals surface area contributed by atoms with Crippen LogP contribution in [0.4, 0.5) is 22.7 Å². The average Bonchev–Trinajstić information content (AvgIpc) is 2.58. The molecule has 2 aromatic rings. The van der Waals surface area contributed by atoms with E-state index in [1.54, 1.807) is 0 Å². The van der Waals surface area contributed by atoms with Gasteiger partial charge in [-0.2, -0.15) is 11.0 Å². The van der Waals surface area contributed by atoms with Crippen molar-refractivity contribution >= 4 is 22.7 Å². The summed E-state index contributed by atoms with van der Waals surface area (Å²) in [5.74, 6) is 0. The van der Waals surface area contributed by atoms with E-state index in [1.807, 2.05) is 0 Å². The van der Waals surface area contributed by atoms with Crippen molar-refractivity contribution in [3.05, 3.63) is 68.5 Å². The highest BCUT2D eigenvalue weighted by atomic mass is 17.1. The average molecular weight is 337 g/mol. The van der Waals surface area contributed by atoms with Crippen LogP contribution in [-0.4, -0.2) is 20.1 Å². The van der Waals surface area contributed by atoms with Crippen molar-refractivity contribution in [1.29, 1.82) is 0 Å². The molecule has 0 aliphatic heterocycles. The van der Waals surface area contributed by atoms with Crippen LogP contribution in [0.15, 0.2) is 48.5 Å². The van der Waals surface area contributed by atoms with Gasteiger partial charge in [0.15, 0.2) is 0 Å². The summed E-state index contributed by atoms with van der Waals surface area (Å²) in [6.45, 7) is 0. The van der Waals surface area contributed by atoms with Gasteiger partial charge in [0, 0.05) is 24.3 Å². The van der Waals surface area contributed by atoms with Gasteiger partial charge in [0.1, 0.15) is 4.91 Å². The lowest BCUT2D eigenvalue weighted by Crippen LogP contribution is -2.18. The standard InChI is InChI=1S/C12H11N5O7/c18-15(19)11-5-1-3-9(7-11)13-23-17(22)24-14-10-4-2-6-12(8-10)16(20)21/h1-8,13-14H,(H,18,19)/q+2. The molecule has 0 unspecified atom stereocenters. The van der Waals surface area contributed by atoms with Crippen LogP contribution in [-0.2, 0) is 9.88 Å². The predicted molar refractivity (Wildman–Crippen MR) is 77.7 cm³/mol. The minimum Gasteiger partial charge on any atom is -0.258 e. The molecule has 0 aliphatic rings. The summed E-state index contributed by atoms with van der Waals surface area (Å²) in [6, 6.07) is 10.7. The zero-order valence-corrected chi connectivity index (χ0v) is 11.9. The second kappa shape index (κ2) is 7.35. The Morgan fingerprint density at radius 1 is 0.875 bits per heavy atom. The molecule has 0 atom stereocenters. The summed E-state index contributed by atoms with van der Waals surface area (Å²) in [5.41, 5.74) is 4.38. The lowest BCUT2D eigenvalue weighted by Gasteiger charge is -1.99. The van der Waals surface area contributed by atoms with Gasteiger partial charge in [0.2, 0.25) is 0 Å². The zero-order valence-electron chi connectivity index (χ0n) is 11.9. The maximum atomic E-state index is 11.3. The fourth-order valence-electron chi connectivity index (χ4n) is 1.57. The number of nitrogens with one attached hydrogen (secondary N) is 2. The first-order valence-electron chi connectivity index (χ1n) is 6.29. The monoisotopic (exact) mass is 337 g/mol. The van der Waals surface area contributed by atoms with E-state index < -0.39 is 4.92 Å². The Kier molecular flexibility index (Phi) is 5.02. The van der Waals surface area contributed by atoms with Crippen molar-refractivity contribution in [3.63, 3.8) is 0 Å². The van der Waals surface area contributed by atoms with Crippen molar-refractivity contribution in [1.82, 2.24) is 0 Å². The van der Waals surface area contributed by atoms with E-state index in [2.05, 4.69) is 20.8 Å². The third-order valence-electron chi connectivity index (χ3n) is 2.60. The zero-order chi connectivity index (χ0) is 17.5. The van der Waals surface area contributed by atoms with E-state index >= 15 is 0 Å². The largest absolute Gasteiger partial charge is 0.531 e. The molecule has 12 heteroatoms. The third-order valence-corrected chi connectivity index (χ3v) is 2.60. The van der Waals surface area contributed by atoms with Crippen LogP contribution in [0, 0.1) is 19.9 Å². The van der Waals surface area contributed by atoms with Crippen LogP contribution in [0.25, 0.3) is 0 Å². The Labute approximate surface area is 133 Å². The Bertz CT molecular complexity index is 718. The molecule has 0 bridgehead atoms. The first-order valence-corrected chi connectivity index (χ1v) is 6.29. The second-order valence-corrected chi connectivity index (χ2v) is 4.24. The number of anilines is 2. The molecule has 124 valence electrons. The molecule has 0 fully saturated rings. The van der Waals surface area contributed by atoms with E-state index in [-0.39, 0.29) is 32.8 Å². The summed E-state index contributed by atoms with van der Waals surface area (Å²) in [4.78, 5) is 40.6. The molecule has 0 radical (unpaired) electrons. The van der Waals surface area contributed by atoms with Crippen LogP contribution >= 0.6 is 0 Å². The molecule has 12 nitrogen and oxygen atoms in total. The van der Waals surface area contributed by atoms with Crippen molar-refractivity contribution in [2.45, 2.75) is 0 Å². The fourth-order valence-corrected chi connectivity index (χ4v) is 1.57. The molecule has 3 N–H and O–H groups in total. The number of rotatable bonds is 8. The Morgan fingerprint density at radius 2 is 1.38 bits per heavy atom. The first kappa shape index (κ1) is 16.4. The van der Waals surface area contributed by atoms with Gasteiger partial charge >= 0.3 is 10.8 Å². The van der Waals surface area contributed by atoms with Crippen molar-refractivity contribution < 1.29 is 30.0 Å². The van der Waals surface area contributed by atoms with Gasteiger partial charge in [-0.25, -0.2) is 5.21 Å². The van der Waals surface area contributed by atoms with Gasteiger partial charge < -0.3 is 0 Å². The van der Waals surface area contributed by atoms with E-state index in [0.717, 1.165) is 6.07 Å². The van der Waals surface area contributed by atoms with Gasteiger partial charge in [-0.15, -0.1) is 0 Å². The van der Waals surface area contributed by atoms with Crippen LogP contribution in [0.1, 0.15) is 0 Å². The highest BCUT2D eigenvalue weighted by Gasteiger charge is 2.17.